The van der Waals surface area contributed by atoms with E-state index in [-0.39, 0.29) is 18.1 Å². The summed E-state index contributed by atoms with van der Waals surface area (Å²) in [4.78, 5) is 19.9. The predicted molar refractivity (Wildman–Crippen MR) is 100 cm³/mol. The Hall–Kier alpha value is -3.25. The number of nitriles is 1. The van der Waals surface area contributed by atoms with Crippen LogP contribution in [0.3, 0.4) is 0 Å². The summed E-state index contributed by atoms with van der Waals surface area (Å²) in [7, 11) is 1.67. The molecule has 0 bridgehead atoms. The summed E-state index contributed by atoms with van der Waals surface area (Å²) in [6, 6.07) is 9.48. The van der Waals surface area contributed by atoms with Gasteiger partial charge in [-0.15, -0.1) is 5.10 Å². The normalized spacial score (nSPS) is 17.2. The molecule has 0 unspecified atom stereocenters. The van der Waals surface area contributed by atoms with Crippen molar-refractivity contribution in [3.05, 3.63) is 45.7 Å². The van der Waals surface area contributed by atoms with Gasteiger partial charge in [0.15, 0.2) is 5.52 Å². The van der Waals surface area contributed by atoms with Crippen molar-refractivity contribution in [2.24, 2.45) is 12.8 Å². The number of nitrogens with two attached hydrogens (primary N) is 1. The highest BCUT2D eigenvalue weighted by Crippen LogP contribution is 2.20. The van der Waals surface area contributed by atoms with E-state index < -0.39 is 0 Å². The zero-order valence-corrected chi connectivity index (χ0v) is 15.0. The molecule has 138 valence electrons. The highest BCUT2D eigenvalue weighted by Gasteiger charge is 2.24. The lowest BCUT2D eigenvalue weighted by Gasteiger charge is -2.32. The third-order valence-corrected chi connectivity index (χ3v) is 4.91. The Balaban J connectivity index is 1.89. The van der Waals surface area contributed by atoms with Gasteiger partial charge in [0, 0.05) is 26.2 Å². The minimum absolute atomic E-state index is 0.0352. The van der Waals surface area contributed by atoms with Crippen molar-refractivity contribution in [2.75, 3.05) is 18.0 Å². The smallest absolute Gasteiger partial charge is 0.283 e. The number of piperidine rings is 1. The van der Waals surface area contributed by atoms with Gasteiger partial charge in [-0.3, -0.25) is 9.36 Å². The van der Waals surface area contributed by atoms with Gasteiger partial charge in [0.05, 0.1) is 18.2 Å². The van der Waals surface area contributed by atoms with Crippen LogP contribution in [-0.4, -0.2) is 43.7 Å². The van der Waals surface area contributed by atoms with Gasteiger partial charge < -0.3 is 10.6 Å². The molecule has 0 radical (unpaired) electrons. The van der Waals surface area contributed by atoms with Gasteiger partial charge in [-0.25, -0.2) is 4.68 Å². The van der Waals surface area contributed by atoms with Crippen molar-refractivity contribution in [3.8, 4) is 6.07 Å². The fourth-order valence-electron chi connectivity index (χ4n) is 3.54. The number of rotatable bonds is 3. The van der Waals surface area contributed by atoms with Gasteiger partial charge in [0.2, 0.25) is 11.6 Å². The van der Waals surface area contributed by atoms with Crippen molar-refractivity contribution in [1.82, 2.24) is 24.5 Å². The van der Waals surface area contributed by atoms with Crippen LogP contribution in [0.25, 0.3) is 11.2 Å². The Morgan fingerprint density at radius 2 is 2.19 bits per heavy atom. The Labute approximate surface area is 155 Å². The molecule has 0 spiro atoms. The summed E-state index contributed by atoms with van der Waals surface area (Å²) in [6.07, 6.45) is 1.88. The highest BCUT2D eigenvalue weighted by molar-refractivity contribution is 5.70. The van der Waals surface area contributed by atoms with Crippen molar-refractivity contribution < 1.29 is 0 Å². The van der Waals surface area contributed by atoms with E-state index in [1.807, 2.05) is 23.1 Å². The number of fused-ring (bicyclic) bond motifs is 1. The van der Waals surface area contributed by atoms with E-state index in [1.54, 1.807) is 17.7 Å². The predicted octanol–water partition coefficient (Wildman–Crippen LogP) is 0.372. The molecule has 3 aromatic rings. The van der Waals surface area contributed by atoms with Crippen LogP contribution in [0.4, 0.5) is 5.95 Å². The van der Waals surface area contributed by atoms with Crippen LogP contribution in [0.2, 0.25) is 0 Å². The maximum Gasteiger partial charge on any atom is 0.283 e. The lowest BCUT2D eigenvalue weighted by Crippen LogP contribution is -2.45. The molecule has 3 heterocycles. The molecule has 1 fully saturated rings. The molecular weight excluding hydrogens is 344 g/mol. The third kappa shape index (κ3) is 3.04. The van der Waals surface area contributed by atoms with Crippen LogP contribution >= 0.6 is 0 Å². The topological polar surface area (TPSA) is 119 Å². The first-order valence-electron chi connectivity index (χ1n) is 8.87. The Morgan fingerprint density at radius 1 is 1.37 bits per heavy atom. The minimum Gasteiger partial charge on any atom is -0.341 e. The van der Waals surface area contributed by atoms with Crippen LogP contribution < -0.4 is 16.2 Å². The van der Waals surface area contributed by atoms with E-state index in [4.69, 9.17) is 5.73 Å². The third-order valence-electron chi connectivity index (χ3n) is 4.91. The second-order valence-corrected chi connectivity index (χ2v) is 6.81. The van der Waals surface area contributed by atoms with E-state index in [1.165, 1.54) is 4.68 Å². The summed E-state index contributed by atoms with van der Waals surface area (Å²) in [6.45, 7) is 1.64. The van der Waals surface area contributed by atoms with Crippen molar-refractivity contribution in [2.45, 2.75) is 25.4 Å². The molecule has 2 aromatic heterocycles. The first-order valence-corrected chi connectivity index (χ1v) is 8.87. The molecule has 1 saturated heterocycles. The fourth-order valence-corrected chi connectivity index (χ4v) is 3.54. The van der Waals surface area contributed by atoms with E-state index in [0.29, 0.717) is 29.2 Å². The Bertz CT molecular complexity index is 1090. The lowest BCUT2D eigenvalue weighted by molar-refractivity contribution is 0.491. The zero-order valence-electron chi connectivity index (χ0n) is 15.0. The monoisotopic (exact) mass is 364 g/mol. The zero-order chi connectivity index (χ0) is 19.0. The molecule has 1 aliphatic heterocycles. The molecule has 9 nitrogen and oxygen atoms in total. The van der Waals surface area contributed by atoms with Gasteiger partial charge in [-0.05, 0) is 24.5 Å². The molecule has 0 aliphatic carbocycles. The molecule has 0 amide bonds. The summed E-state index contributed by atoms with van der Waals surface area (Å²) >= 11 is 0. The van der Waals surface area contributed by atoms with Gasteiger partial charge in [0.1, 0.15) is 0 Å². The lowest BCUT2D eigenvalue weighted by atomic mass is 10.1. The number of nitrogens with zero attached hydrogens (tertiary/aromatic N) is 7. The summed E-state index contributed by atoms with van der Waals surface area (Å²) in [5.41, 5.74) is 7.87. The molecule has 27 heavy (non-hydrogen) atoms. The Kier molecular flexibility index (Phi) is 4.33. The first kappa shape index (κ1) is 17.2. The molecule has 0 saturated carbocycles. The second-order valence-electron chi connectivity index (χ2n) is 6.81. The summed E-state index contributed by atoms with van der Waals surface area (Å²) in [5.74, 6) is 0.524. The van der Waals surface area contributed by atoms with Gasteiger partial charge in [-0.2, -0.15) is 10.2 Å². The van der Waals surface area contributed by atoms with E-state index in [0.717, 1.165) is 24.9 Å². The van der Waals surface area contributed by atoms with Gasteiger partial charge >= 0.3 is 0 Å². The maximum atomic E-state index is 13.2. The van der Waals surface area contributed by atoms with Crippen LogP contribution in [0.15, 0.2) is 29.1 Å². The number of hydrogen-bond acceptors (Lipinski definition) is 7. The van der Waals surface area contributed by atoms with Crippen molar-refractivity contribution in [1.29, 1.82) is 5.26 Å². The number of benzene rings is 1. The van der Waals surface area contributed by atoms with Crippen LogP contribution in [0.5, 0.6) is 0 Å². The van der Waals surface area contributed by atoms with Gasteiger partial charge in [-0.1, -0.05) is 23.4 Å². The quantitative estimate of drug-likeness (QED) is 0.713. The van der Waals surface area contributed by atoms with Crippen LogP contribution in [-0.2, 0) is 13.6 Å². The minimum atomic E-state index is -0.227. The maximum absolute atomic E-state index is 13.2. The molecule has 1 aliphatic rings. The standard InChI is InChI=1S/C18H20N8O/c1-24-15-16(22-23-24)21-18(25-8-4-7-14(20)11-25)26(17(15)27)10-13-6-3-2-5-12(13)9-19/h2-3,5-6,14H,4,7-8,10-11,20H2,1H3/t14-/m1/s1. The average Bonchev–Trinajstić information content (AvgIpc) is 3.05. The largest absolute Gasteiger partial charge is 0.341 e. The van der Waals surface area contributed by atoms with Crippen molar-refractivity contribution >= 4 is 17.1 Å². The van der Waals surface area contributed by atoms with E-state index in [2.05, 4.69) is 21.4 Å². The number of aryl methyl sites for hydroxylation is 1. The number of anilines is 1. The van der Waals surface area contributed by atoms with E-state index in [9.17, 15) is 10.1 Å². The van der Waals surface area contributed by atoms with Crippen LogP contribution in [0, 0.1) is 11.3 Å². The SMILES string of the molecule is Cn1nnc2nc(N3CCC[C@@H](N)C3)n(Cc3ccccc3C#N)c(=O)c21. The van der Waals surface area contributed by atoms with Crippen LogP contribution in [0.1, 0.15) is 24.0 Å². The average molecular weight is 364 g/mol. The Morgan fingerprint density at radius 3 is 2.96 bits per heavy atom. The number of hydrogen-bond donors (Lipinski definition) is 1. The van der Waals surface area contributed by atoms with Gasteiger partial charge in [0.25, 0.3) is 5.56 Å². The summed E-state index contributed by atoms with van der Waals surface area (Å²) < 4.78 is 3.03. The first-order chi connectivity index (χ1) is 13.1. The number of aromatic nitrogens is 5. The van der Waals surface area contributed by atoms with E-state index >= 15 is 0 Å². The molecule has 1 atom stereocenters. The second kappa shape index (κ2) is 6.81. The molecule has 9 heteroatoms. The molecular formula is C18H20N8O. The summed E-state index contributed by atoms with van der Waals surface area (Å²) in [5, 5.41) is 17.3. The molecule has 2 N–H and O–H groups in total. The van der Waals surface area contributed by atoms with Crippen molar-refractivity contribution in [3.63, 3.8) is 0 Å². The fraction of sp³-hybridized carbons (Fsp3) is 0.389. The molecule has 4 rings (SSSR count). The molecule has 1 aromatic carbocycles. The highest BCUT2D eigenvalue weighted by atomic mass is 16.1.